The van der Waals surface area contributed by atoms with Crippen LogP contribution in [0.4, 0.5) is 0 Å². The lowest BCUT2D eigenvalue weighted by molar-refractivity contribution is 0.169. The smallest absolute Gasteiger partial charge is 0.231 e. The maximum Gasteiger partial charge on any atom is 0.231 e. The van der Waals surface area contributed by atoms with E-state index in [0.29, 0.717) is 6.54 Å². The summed E-state index contributed by atoms with van der Waals surface area (Å²) in [5.74, 6) is 2.29. The van der Waals surface area contributed by atoms with Gasteiger partial charge in [-0.2, -0.15) is 0 Å². The summed E-state index contributed by atoms with van der Waals surface area (Å²) in [4.78, 5) is 4.70. The molecule has 0 radical (unpaired) electrons. The molecule has 0 saturated carbocycles. The topological polar surface area (TPSA) is 75.1 Å². The normalized spacial score (nSPS) is 13.8. The third-order valence-corrected chi connectivity index (χ3v) is 5.61. The number of guanidine groups is 1. The van der Waals surface area contributed by atoms with Crippen molar-refractivity contribution >= 4 is 21.9 Å². The van der Waals surface area contributed by atoms with Crippen molar-refractivity contribution in [3.05, 3.63) is 22.2 Å². The number of rotatable bonds is 9. The van der Waals surface area contributed by atoms with Gasteiger partial charge in [-0.1, -0.05) is 13.8 Å². The fourth-order valence-corrected chi connectivity index (χ4v) is 3.68. The Morgan fingerprint density at radius 2 is 2.00 bits per heavy atom. The molecular formula is C19H30BrN3O3. The van der Waals surface area contributed by atoms with Gasteiger partial charge in [0.05, 0.1) is 11.0 Å². The first-order valence-corrected chi connectivity index (χ1v) is 10.1. The number of benzene rings is 1. The van der Waals surface area contributed by atoms with Crippen LogP contribution in [0.1, 0.15) is 45.6 Å². The first-order chi connectivity index (χ1) is 12.6. The van der Waals surface area contributed by atoms with Crippen molar-refractivity contribution in [1.82, 2.24) is 10.6 Å². The molecule has 0 amide bonds. The van der Waals surface area contributed by atoms with Crippen LogP contribution in [-0.4, -0.2) is 37.6 Å². The third kappa shape index (κ3) is 5.27. The Labute approximate surface area is 164 Å². The van der Waals surface area contributed by atoms with Gasteiger partial charge in [0, 0.05) is 19.7 Å². The largest absolute Gasteiger partial charge is 0.454 e. The molecule has 0 aliphatic carbocycles. The highest BCUT2D eigenvalue weighted by Gasteiger charge is 2.25. The summed E-state index contributed by atoms with van der Waals surface area (Å²) in [6.45, 7) is 8.99. The van der Waals surface area contributed by atoms with Crippen LogP contribution in [-0.2, 0) is 6.54 Å². The van der Waals surface area contributed by atoms with Gasteiger partial charge in [0.15, 0.2) is 17.5 Å². The van der Waals surface area contributed by atoms with Crippen molar-refractivity contribution in [2.24, 2.45) is 10.4 Å². The van der Waals surface area contributed by atoms with Crippen molar-refractivity contribution in [2.75, 3.05) is 26.5 Å². The molecule has 26 heavy (non-hydrogen) atoms. The van der Waals surface area contributed by atoms with Gasteiger partial charge in [0.2, 0.25) is 6.79 Å². The van der Waals surface area contributed by atoms with Gasteiger partial charge >= 0.3 is 0 Å². The lowest BCUT2D eigenvalue weighted by Crippen LogP contribution is -2.43. The van der Waals surface area contributed by atoms with Crippen LogP contribution in [0.2, 0.25) is 0 Å². The number of aliphatic hydroxyl groups excluding tert-OH is 1. The van der Waals surface area contributed by atoms with E-state index < -0.39 is 0 Å². The molecule has 0 atom stereocenters. The molecule has 7 heteroatoms. The summed E-state index contributed by atoms with van der Waals surface area (Å²) in [6, 6.07) is 3.98. The first kappa shape index (κ1) is 20.8. The Balaban J connectivity index is 2.05. The molecule has 0 fully saturated rings. The van der Waals surface area contributed by atoms with E-state index >= 15 is 0 Å². The van der Waals surface area contributed by atoms with Crippen LogP contribution in [0.5, 0.6) is 11.5 Å². The molecule has 0 spiro atoms. The van der Waals surface area contributed by atoms with Crippen LogP contribution >= 0.6 is 15.9 Å². The molecule has 1 aliphatic rings. The van der Waals surface area contributed by atoms with Crippen LogP contribution in [0.15, 0.2) is 21.6 Å². The molecule has 1 aromatic carbocycles. The quantitative estimate of drug-likeness (QED) is 0.415. The average Bonchev–Trinajstić information content (AvgIpc) is 3.12. The Morgan fingerprint density at radius 1 is 1.23 bits per heavy atom. The van der Waals surface area contributed by atoms with E-state index in [1.54, 1.807) is 0 Å². The zero-order chi connectivity index (χ0) is 19.0. The number of hydrogen-bond donors (Lipinski definition) is 3. The Hall–Kier alpha value is -1.47. The van der Waals surface area contributed by atoms with Gasteiger partial charge in [-0.3, -0.25) is 0 Å². The van der Waals surface area contributed by atoms with E-state index in [9.17, 15) is 5.11 Å². The third-order valence-electron chi connectivity index (χ3n) is 5.02. The molecule has 1 heterocycles. The Kier molecular flexibility index (Phi) is 8.03. The van der Waals surface area contributed by atoms with Crippen molar-refractivity contribution < 1.29 is 14.6 Å². The number of nitrogens with zero attached hydrogens (tertiary/aromatic N) is 1. The van der Waals surface area contributed by atoms with Crippen molar-refractivity contribution in [3.63, 3.8) is 0 Å². The summed E-state index contributed by atoms with van der Waals surface area (Å²) < 4.78 is 11.8. The summed E-state index contributed by atoms with van der Waals surface area (Å²) in [5.41, 5.74) is 1.14. The minimum absolute atomic E-state index is 0.0900. The highest BCUT2D eigenvalue weighted by atomic mass is 79.9. The zero-order valence-corrected chi connectivity index (χ0v) is 17.5. The van der Waals surface area contributed by atoms with Crippen molar-refractivity contribution in [3.8, 4) is 11.5 Å². The van der Waals surface area contributed by atoms with Crippen LogP contribution in [0, 0.1) is 5.41 Å². The van der Waals surface area contributed by atoms with Crippen LogP contribution < -0.4 is 20.1 Å². The fourth-order valence-electron chi connectivity index (χ4n) is 3.07. The average molecular weight is 428 g/mol. The highest BCUT2D eigenvalue weighted by Crippen LogP contribution is 2.40. The summed E-state index contributed by atoms with van der Waals surface area (Å²) in [7, 11) is 0. The molecule has 0 aromatic heterocycles. The molecule has 1 aromatic rings. The number of hydrogen-bond acceptors (Lipinski definition) is 4. The van der Waals surface area contributed by atoms with Gasteiger partial charge in [-0.05, 0) is 65.2 Å². The SMILES string of the molecule is CCNC(=NCc1cc(Br)c2c(c1)OCO2)NCC(CC)(CC)CCO. The minimum atomic E-state index is 0.0900. The highest BCUT2D eigenvalue weighted by molar-refractivity contribution is 9.10. The Bertz CT molecular complexity index is 618. The van der Waals surface area contributed by atoms with Gasteiger partial charge in [-0.15, -0.1) is 0 Å². The monoisotopic (exact) mass is 427 g/mol. The summed E-state index contributed by atoms with van der Waals surface area (Å²) in [5, 5.41) is 16.1. The standard InChI is InChI=1S/C19H30BrN3O3/c1-4-19(5-2,7-8-24)12-23-18(21-6-3)22-11-14-9-15(20)17-16(10-14)25-13-26-17/h9-10,24H,4-8,11-13H2,1-3H3,(H2,21,22,23). The maximum absolute atomic E-state index is 9.39. The molecule has 146 valence electrons. The number of aliphatic imine (C=N–C) groups is 1. The van der Waals surface area contributed by atoms with Gasteiger partial charge < -0.3 is 25.2 Å². The maximum atomic E-state index is 9.39. The van der Waals surface area contributed by atoms with Gasteiger partial charge in [0.1, 0.15) is 0 Å². The second-order valence-corrected chi connectivity index (χ2v) is 7.40. The molecule has 1 aliphatic heterocycles. The molecular weight excluding hydrogens is 398 g/mol. The van der Waals surface area contributed by atoms with Crippen LogP contribution in [0.25, 0.3) is 0 Å². The number of ether oxygens (including phenoxy) is 2. The molecule has 0 bridgehead atoms. The summed E-state index contributed by atoms with van der Waals surface area (Å²) >= 11 is 3.52. The van der Waals surface area contributed by atoms with Gasteiger partial charge in [-0.25, -0.2) is 4.99 Å². The second-order valence-electron chi connectivity index (χ2n) is 6.54. The van der Waals surface area contributed by atoms with Crippen molar-refractivity contribution in [1.29, 1.82) is 0 Å². The number of aliphatic hydroxyl groups is 1. The van der Waals surface area contributed by atoms with E-state index in [1.165, 1.54) is 0 Å². The second kappa shape index (κ2) is 10.0. The lowest BCUT2D eigenvalue weighted by atomic mass is 9.79. The van der Waals surface area contributed by atoms with Crippen molar-refractivity contribution in [2.45, 2.75) is 46.6 Å². The Morgan fingerprint density at radius 3 is 2.65 bits per heavy atom. The predicted octanol–water partition coefficient (Wildman–Crippen LogP) is 3.42. The number of nitrogens with one attached hydrogen (secondary N) is 2. The molecule has 0 saturated heterocycles. The molecule has 6 nitrogen and oxygen atoms in total. The number of halogens is 1. The lowest BCUT2D eigenvalue weighted by Gasteiger charge is -2.32. The molecule has 2 rings (SSSR count). The van der Waals surface area contributed by atoms with E-state index in [2.05, 4.69) is 47.3 Å². The minimum Gasteiger partial charge on any atom is -0.454 e. The number of fused-ring (bicyclic) bond motifs is 1. The zero-order valence-electron chi connectivity index (χ0n) is 15.9. The molecule has 0 unspecified atom stereocenters. The first-order valence-electron chi connectivity index (χ1n) is 9.28. The predicted molar refractivity (Wildman–Crippen MR) is 108 cm³/mol. The van der Waals surface area contributed by atoms with Crippen LogP contribution in [0.3, 0.4) is 0 Å². The van der Waals surface area contributed by atoms with E-state index in [4.69, 9.17) is 14.5 Å². The summed E-state index contributed by atoms with van der Waals surface area (Å²) in [6.07, 6.45) is 2.83. The molecule has 3 N–H and O–H groups in total. The van der Waals surface area contributed by atoms with E-state index in [0.717, 1.165) is 59.8 Å². The van der Waals surface area contributed by atoms with Gasteiger partial charge in [0.25, 0.3) is 0 Å². The van der Waals surface area contributed by atoms with E-state index in [-0.39, 0.29) is 18.8 Å². The fraction of sp³-hybridized carbons (Fsp3) is 0.632. The van der Waals surface area contributed by atoms with E-state index in [1.807, 2.05) is 12.1 Å².